The third-order valence-electron chi connectivity index (χ3n) is 4.83. The molecule has 4 nitrogen and oxygen atoms in total. The zero-order valence-corrected chi connectivity index (χ0v) is 12.7. The summed E-state index contributed by atoms with van der Waals surface area (Å²) in [6, 6.07) is 0.826. The van der Waals surface area contributed by atoms with Crippen molar-refractivity contribution >= 4 is 0 Å². The number of rotatable bonds is 7. The maximum absolute atomic E-state index is 9.49. The number of nitrogens with one attached hydrogen (secondary N) is 1. The van der Waals surface area contributed by atoms with Gasteiger partial charge in [-0.15, -0.1) is 0 Å². The van der Waals surface area contributed by atoms with E-state index in [1.165, 1.54) is 52.0 Å². The van der Waals surface area contributed by atoms with Crippen LogP contribution in [0, 0.1) is 0 Å². The Morgan fingerprint density at radius 2 is 2.16 bits per heavy atom. The van der Waals surface area contributed by atoms with E-state index in [2.05, 4.69) is 29.0 Å². The summed E-state index contributed by atoms with van der Waals surface area (Å²) in [5, 5.41) is 12.9. The summed E-state index contributed by atoms with van der Waals surface area (Å²) in [6.45, 7) is 11.7. The second-order valence-electron chi connectivity index (χ2n) is 6.49. The van der Waals surface area contributed by atoms with Crippen LogP contribution < -0.4 is 5.32 Å². The topological polar surface area (TPSA) is 38.7 Å². The summed E-state index contributed by atoms with van der Waals surface area (Å²) < 4.78 is 0. The lowest BCUT2D eigenvalue weighted by Gasteiger charge is -2.38. The van der Waals surface area contributed by atoms with Gasteiger partial charge in [-0.1, -0.05) is 6.92 Å². The minimum absolute atomic E-state index is 0.0933. The van der Waals surface area contributed by atoms with E-state index in [0.717, 1.165) is 19.0 Å². The first-order valence-corrected chi connectivity index (χ1v) is 7.99. The minimum atomic E-state index is -0.0933. The van der Waals surface area contributed by atoms with Crippen molar-refractivity contribution in [3.8, 4) is 0 Å². The van der Waals surface area contributed by atoms with Gasteiger partial charge >= 0.3 is 0 Å². The fourth-order valence-corrected chi connectivity index (χ4v) is 3.60. The molecule has 0 saturated carbocycles. The molecule has 0 radical (unpaired) electrons. The van der Waals surface area contributed by atoms with E-state index >= 15 is 0 Å². The van der Waals surface area contributed by atoms with Crippen molar-refractivity contribution in [3.63, 3.8) is 0 Å². The van der Waals surface area contributed by atoms with Crippen LogP contribution >= 0.6 is 0 Å². The van der Waals surface area contributed by atoms with Crippen molar-refractivity contribution < 1.29 is 5.11 Å². The van der Waals surface area contributed by atoms with Crippen LogP contribution in [-0.4, -0.2) is 72.4 Å². The Kier molecular flexibility index (Phi) is 5.63. The average molecular weight is 269 g/mol. The molecule has 0 aliphatic carbocycles. The molecule has 0 bridgehead atoms. The number of hydrogen-bond donors (Lipinski definition) is 2. The van der Waals surface area contributed by atoms with Crippen LogP contribution in [0.25, 0.3) is 0 Å². The van der Waals surface area contributed by atoms with Gasteiger partial charge in [0.05, 0.1) is 6.61 Å². The fourth-order valence-electron chi connectivity index (χ4n) is 3.60. The Balaban J connectivity index is 1.68. The molecule has 19 heavy (non-hydrogen) atoms. The lowest BCUT2D eigenvalue weighted by Crippen LogP contribution is -2.51. The van der Waals surface area contributed by atoms with E-state index in [-0.39, 0.29) is 12.1 Å². The van der Waals surface area contributed by atoms with Gasteiger partial charge in [0, 0.05) is 31.2 Å². The summed E-state index contributed by atoms with van der Waals surface area (Å²) in [6.07, 6.45) is 5.02. The first-order valence-electron chi connectivity index (χ1n) is 7.99. The molecule has 2 unspecified atom stereocenters. The Bertz CT molecular complexity index is 274. The van der Waals surface area contributed by atoms with Crippen molar-refractivity contribution in [2.75, 3.05) is 45.9 Å². The van der Waals surface area contributed by atoms with Gasteiger partial charge in [-0.3, -0.25) is 4.90 Å². The number of likely N-dealkylation sites (N-methyl/N-ethyl adjacent to an activating group) is 1. The van der Waals surface area contributed by atoms with Crippen LogP contribution in [0.4, 0.5) is 0 Å². The number of aliphatic hydroxyl groups excluding tert-OH is 1. The minimum Gasteiger partial charge on any atom is -0.394 e. The Labute approximate surface area is 118 Å². The van der Waals surface area contributed by atoms with Gasteiger partial charge < -0.3 is 15.3 Å². The molecule has 0 aromatic rings. The highest BCUT2D eigenvalue weighted by Crippen LogP contribution is 2.22. The standard InChI is InChI=1S/C15H31N3O/c1-3-16-15(2,13-19)7-5-8-17-10-11-18-9-4-6-14(18)12-17/h14,16,19H,3-13H2,1-2H3. The monoisotopic (exact) mass is 269 g/mol. The van der Waals surface area contributed by atoms with Gasteiger partial charge in [-0.05, 0) is 52.2 Å². The summed E-state index contributed by atoms with van der Waals surface area (Å²) >= 11 is 0. The van der Waals surface area contributed by atoms with E-state index in [4.69, 9.17) is 0 Å². The largest absolute Gasteiger partial charge is 0.394 e. The van der Waals surface area contributed by atoms with Crippen LogP contribution in [0.1, 0.15) is 39.5 Å². The Morgan fingerprint density at radius 1 is 1.32 bits per heavy atom. The van der Waals surface area contributed by atoms with E-state index in [9.17, 15) is 5.11 Å². The highest BCUT2D eigenvalue weighted by atomic mass is 16.3. The smallest absolute Gasteiger partial charge is 0.0610 e. The lowest BCUT2D eigenvalue weighted by atomic mass is 9.96. The van der Waals surface area contributed by atoms with E-state index < -0.39 is 0 Å². The van der Waals surface area contributed by atoms with Crippen molar-refractivity contribution in [1.29, 1.82) is 0 Å². The van der Waals surface area contributed by atoms with Gasteiger partial charge in [0.25, 0.3) is 0 Å². The lowest BCUT2D eigenvalue weighted by molar-refractivity contribution is 0.0973. The van der Waals surface area contributed by atoms with Crippen LogP contribution in [0.3, 0.4) is 0 Å². The Morgan fingerprint density at radius 3 is 2.89 bits per heavy atom. The first-order chi connectivity index (χ1) is 9.17. The predicted octanol–water partition coefficient (Wildman–Crippen LogP) is 0.907. The molecule has 4 heteroatoms. The molecule has 2 fully saturated rings. The SMILES string of the molecule is CCNC(C)(CO)CCCN1CCN2CCCC2C1. The van der Waals surface area contributed by atoms with Crippen molar-refractivity contribution in [3.05, 3.63) is 0 Å². The van der Waals surface area contributed by atoms with Crippen LogP contribution in [0.15, 0.2) is 0 Å². The first kappa shape index (κ1) is 15.2. The predicted molar refractivity (Wildman–Crippen MR) is 79.4 cm³/mol. The quantitative estimate of drug-likeness (QED) is 0.720. The molecule has 0 aromatic heterocycles. The van der Waals surface area contributed by atoms with Gasteiger partial charge in [-0.2, -0.15) is 0 Å². The zero-order chi connectivity index (χ0) is 13.7. The van der Waals surface area contributed by atoms with Gasteiger partial charge in [0.1, 0.15) is 0 Å². The molecule has 112 valence electrons. The van der Waals surface area contributed by atoms with Crippen molar-refractivity contribution in [2.45, 2.75) is 51.1 Å². The maximum atomic E-state index is 9.49. The molecule has 2 saturated heterocycles. The zero-order valence-electron chi connectivity index (χ0n) is 12.7. The summed E-state index contributed by atoms with van der Waals surface area (Å²) in [7, 11) is 0. The molecule has 0 spiro atoms. The third-order valence-corrected chi connectivity index (χ3v) is 4.83. The molecule has 2 heterocycles. The number of hydrogen-bond acceptors (Lipinski definition) is 4. The highest BCUT2D eigenvalue weighted by molar-refractivity contribution is 4.87. The number of piperazine rings is 1. The van der Waals surface area contributed by atoms with Crippen LogP contribution in [0.2, 0.25) is 0 Å². The fraction of sp³-hybridized carbons (Fsp3) is 1.00. The molecule has 2 atom stereocenters. The molecule has 2 N–H and O–H groups in total. The molecule has 2 aliphatic heterocycles. The average Bonchev–Trinajstić information content (AvgIpc) is 2.86. The van der Waals surface area contributed by atoms with E-state index in [1.54, 1.807) is 0 Å². The molecular formula is C15H31N3O. The molecule has 0 amide bonds. The van der Waals surface area contributed by atoms with Crippen molar-refractivity contribution in [2.24, 2.45) is 0 Å². The second-order valence-corrected chi connectivity index (χ2v) is 6.49. The maximum Gasteiger partial charge on any atom is 0.0610 e. The van der Waals surface area contributed by atoms with Gasteiger partial charge in [0.15, 0.2) is 0 Å². The Hall–Kier alpha value is -0.160. The molecule has 0 aromatic carbocycles. The molecular weight excluding hydrogens is 238 g/mol. The summed E-state index contributed by atoms with van der Waals surface area (Å²) in [4.78, 5) is 5.28. The number of nitrogens with zero attached hydrogens (tertiary/aromatic N) is 2. The van der Waals surface area contributed by atoms with Crippen LogP contribution in [0.5, 0.6) is 0 Å². The summed E-state index contributed by atoms with van der Waals surface area (Å²) in [5.74, 6) is 0. The molecule has 2 rings (SSSR count). The van der Waals surface area contributed by atoms with E-state index in [0.29, 0.717) is 0 Å². The highest BCUT2D eigenvalue weighted by Gasteiger charge is 2.30. The van der Waals surface area contributed by atoms with Gasteiger partial charge in [0.2, 0.25) is 0 Å². The third kappa shape index (κ3) is 4.15. The van der Waals surface area contributed by atoms with Crippen LogP contribution in [-0.2, 0) is 0 Å². The second kappa shape index (κ2) is 7.02. The normalized spacial score (nSPS) is 28.3. The van der Waals surface area contributed by atoms with Crippen molar-refractivity contribution in [1.82, 2.24) is 15.1 Å². The number of aliphatic hydroxyl groups is 1. The van der Waals surface area contributed by atoms with Gasteiger partial charge in [-0.25, -0.2) is 0 Å². The number of fused-ring (bicyclic) bond motifs is 1. The molecule has 2 aliphatic rings. The summed E-state index contributed by atoms with van der Waals surface area (Å²) in [5.41, 5.74) is -0.0933. The van der Waals surface area contributed by atoms with E-state index in [1.807, 2.05) is 0 Å².